The van der Waals surface area contributed by atoms with Crippen LogP contribution in [0, 0.1) is 0 Å². The highest BCUT2D eigenvalue weighted by molar-refractivity contribution is 5.97. The van der Waals surface area contributed by atoms with Gasteiger partial charge in [0, 0.05) is 12.6 Å². The third-order valence-corrected chi connectivity index (χ3v) is 4.04. The van der Waals surface area contributed by atoms with Gasteiger partial charge in [0.25, 0.3) is 5.91 Å². The molecule has 5 nitrogen and oxygen atoms in total. The van der Waals surface area contributed by atoms with Gasteiger partial charge in [0.1, 0.15) is 11.0 Å². The van der Waals surface area contributed by atoms with Crippen molar-refractivity contribution in [1.29, 1.82) is 0 Å². The Labute approximate surface area is 142 Å². The molecule has 4 rings (SSSR count). The van der Waals surface area contributed by atoms with Crippen molar-refractivity contribution >= 4 is 28.0 Å². The van der Waals surface area contributed by atoms with Gasteiger partial charge < -0.3 is 14.2 Å². The second kappa shape index (κ2) is 6.28. The largest absolute Gasteiger partial charge is 0.425 e. The molecule has 2 aromatic carbocycles. The van der Waals surface area contributed by atoms with Crippen LogP contribution in [0.25, 0.3) is 22.1 Å². The van der Waals surface area contributed by atoms with Crippen LogP contribution in [0.3, 0.4) is 0 Å². The van der Waals surface area contributed by atoms with E-state index in [1.807, 2.05) is 30.3 Å². The standard InChI is InChI=1S/C20H15NO4/c22-18-14-8-4-5-9-16(14)24-20-15(18)12-17(25-20)19(23)21-11-10-13-6-2-1-3-7-13/h1-9,12H,10-11H2,(H,21,23). The Kier molecular flexibility index (Phi) is 3.82. The Balaban J connectivity index is 1.57. The van der Waals surface area contributed by atoms with E-state index >= 15 is 0 Å². The van der Waals surface area contributed by atoms with Gasteiger partial charge in [-0.3, -0.25) is 9.59 Å². The Morgan fingerprint density at radius 3 is 2.52 bits per heavy atom. The summed E-state index contributed by atoms with van der Waals surface area (Å²) in [5.74, 6) is -0.234. The second-order valence-electron chi connectivity index (χ2n) is 5.73. The van der Waals surface area contributed by atoms with Gasteiger partial charge in [0.15, 0.2) is 5.76 Å². The zero-order chi connectivity index (χ0) is 17.2. The Morgan fingerprint density at radius 2 is 1.68 bits per heavy atom. The first-order valence-corrected chi connectivity index (χ1v) is 8.00. The number of carbonyl (C=O) groups excluding carboxylic acids is 1. The zero-order valence-corrected chi connectivity index (χ0v) is 13.3. The molecule has 0 aliphatic rings. The summed E-state index contributed by atoms with van der Waals surface area (Å²) in [5, 5.41) is 3.53. The lowest BCUT2D eigenvalue weighted by Crippen LogP contribution is -2.25. The highest BCUT2D eigenvalue weighted by atomic mass is 16.5. The molecule has 124 valence electrons. The molecule has 25 heavy (non-hydrogen) atoms. The molecule has 1 N–H and O–H groups in total. The second-order valence-corrected chi connectivity index (χ2v) is 5.73. The summed E-state index contributed by atoms with van der Waals surface area (Å²) in [6.45, 7) is 0.475. The number of benzene rings is 2. The number of hydrogen-bond acceptors (Lipinski definition) is 4. The van der Waals surface area contributed by atoms with Crippen LogP contribution in [0.5, 0.6) is 0 Å². The number of amides is 1. The molecule has 0 radical (unpaired) electrons. The van der Waals surface area contributed by atoms with Crippen molar-refractivity contribution in [1.82, 2.24) is 5.32 Å². The number of nitrogens with one attached hydrogen (secondary N) is 1. The van der Waals surface area contributed by atoms with Gasteiger partial charge in [-0.15, -0.1) is 0 Å². The normalized spacial score (nSPS) is 11.0. The molecule has 4 aromatic rings. The minimum Gasteiger partial charge on any atom is -0.425 e. The minimum absolute atomic E-state index is 0.0666. The first kappa shape index (κ1) is 15.2. The Bertz CT molecular complexity index is 1110. The molecule has 0 spiro atoms. The van der Waals surface area contributed by atoms with Crippen molar-refractivity contribution in [3.8, 4) is 0 Å². The third-order valence-electron chi connectivity index (χ3n) is 4.04. The predicted octanol–water partition coefficient (Wildman–Crippen LogP) is 3.51. The van der Waals surface area contributed by atoms with E-state index in [9.17, 15) is 9.59 Å². The number of rotatable bonds is 4. The Morgan fingerprint density at radius 1 is 0.920 bits per heavy atom. The first-order valence-electron chi connectivity index (χ1n) is 8.00. The summed E-state index contributed by atoms with van der Waals surface area (Å²) in [7, 11) is 0. The molecular formula is C20H15NO4. The van der Waals surface area contributed by atoms with Gasteiger partial charge in [-0.05, 0) is 24.1 Å². The summed E-state index contributed by atoms with van der Waals surface area (Å²) in [6, 6.07) is 18.2. The molecule has 5 heteroatoms. The average molecular weight is 333 g/mol. The average Bonchev–Trinajstić information content (AvgIpc) is 3.07. The van der Waals surface area contributed by atoms with Crippen LogP contribution >= 0.6 is 0 Å². The van der Waals surface area contributed by atoms with Crippen molar-refractivity contribution in [3.63, 3.8) is 0 Å². The van der Waals surface area contributed by atoms with Crippen molar-refractivity contribution < 1.29 is 13.6 Å². The van der Waals surface area contributed by atoms with Crippen LogP contribution in [-0.4, -0.2) is 12.5 Å². The molecular weight excluding hydrogens is 318 g/mol. The van der Waals surface area contributed by atoms with Crippen molar-refractivity contribution in [3.05, 3.63) is 82.2 Å². The van der Waals surface area contributed by atoms with E-state index < -0.39 is 0 Å². The highest BCUT2D eigenvalue weighted by Crippen LogP contribution is 2.21. The van der Waals surface area contributed by atoms with Crippen LogP contribution < -0.4 is 10.7 Å². The molecule has 2 aromatic heterocycles. The number of para-hydroxylation sites is 1. The summed E-state index contributed by atoms with van der Waals surface area (Å²) in [4.78, 5) is 24.7. The topological polar surface area (TPSA) is 72.5 Å². The van der Waals surface area contributed by atoms with Gasteiger partial charge >= 0.3 is 5.78 Å². The third kappa shape index (κ3) is 2.92. The summed E-state index contributed by atoms with van der Waals surface area (Å²) >= 11 is 0. The predicted molar refractivity (Wildman–Crippen MR) is 94.7 cm³/mol. The summed E-state index contributed by atoms with van der Waals surface area (Å²) in [5.41, 5.74) is 1.37. The smallest absolute Gasteiger partial charge is 0.302 e. The fourth-order valence-corrected chi connectivity index (χ4v) is 2.76. The molecule has 1 amide bonds. The van der Waals surface area contributed by atoms with Crippen LogP contribution in [0.2, 0.25) is 0 Å². The van der Waals surface area contributed by atoms with E-state index in [-0.39, 0.29) is 28.3 Å². The van der Waals surface area contributed by atoms with E-state index in [1.54, 1.807) is 24.3 Å². The fraction of sp³-hybridized carbons (Fsp3) is 0.100. The van der Waals surface area contributed by atoms with E-state index in [1.165, 1.54) is 6.07 Å². The van der Waals surface area contributed by atoms with Gasteiger partial charge in [-0.1, -0.05) is 42.5 Å². The molecule has 0 unspecified atom stereocenters. The van der Waals surface area contributed by atoms with Gasteiger partial charge in [0.05, 0.1) is 5.39 Å². The first-order chi connectivity index (χ1) is 12.2. The van der Waals surface area contributed by atoms with E-state index in [0.29, 0.717) is 23.9 Å². The SMILES string of the molecule is O=C(NCCc1ccccc1)c1cc2c(=O)c3ccccc3oc2o1. The molecule has 0 saturated carbocycles. The maximum Gasteiger partial charge on any atom is 0.302 e. The molecule has 0 fully saturated rings. The zero-order valence-electron chi connectivity index (χ0n) is 13.3. The monoisotopic (exact) mass is 333 g/mol. The van der Waals surface area contributed by atoms with E-state index in [2.05, 4.69) is 5.32 Å². The van der Waals surface area contributed by atoms with Crippen LogP contribution in [0.1, 0.15) is 16.1 Å². The molecule has 2 heterocycles. The van der Waals surface area contributed by atoms with Crippen LogP contribution in [0.15, 0.2) is 74.3 Å². The van der Waals surface area contributed by atoms with Gasteiger partial charge in [-0.2, -0.15) is 0 Å². The number of fused-ring (bicyclic) bond motifs is 2. The summed E-state index contributed by atoms with van der Waals surface area (Å²) < 4.78 is 11.0. The van der Waals surface area contributed by atoms with Crippen LogP contribution in [-0.2, 0) is 6.42 Å². The van der Waals surface area contributed by atoms with E-state index in [0.717, 1.165) is 5.56 Å². The molecule has 0 saturated heterocycles. The number of hydrogen-bond donors (Lipinski definition) is 1. The van der Waals surface area contributed by atoms with Crippen molar-refractivity contribution in [2.24, 2.45) is 0 Å². The lowest BCUT2D eigenvalue weighted by molar-refractivity contribution is 0.0927. The van der Waals surface area contributed by atoms with Gasteiger partial charge in [-0.25, -0.2) is 0 Å². The maximum absolute atomic E-state index is 12.5. The molecule has 0 bridgehead atoms. The van der Waals surface area contributed by atoms with Crippen molar-refractivity contribution in [2.75, 3.05) is 6.54 Å². The number of furan rings is 1. The highest BCUT2D eigenvalue weighted by Gasteiger charge is 2.17. The summed E-state index contributed by atoms with van der Waals surface area (Å²) in [6.07, 6.45) is 0.716. The maximum atomic E-state index is 12.5. The van der Waals surface area contributed by atoms with E-state index in [4.69, 9.17) is 8.83 Å². The molecule has 0 aliphatic carbocycles. The molecule has 0 atom stereocenters. The Hall–Kier alpha value is -3.34. The molecule has 0 aliphatic heterocycles. The fourth-order valence-electron chi connectivity index (χ4n) is 2.76. The lowest BCUT2D eigenvalue weighted by atomic mass is 10.1. The number of carbonyl (C=O) groups is 1. The van der Waals surface area contributed by atoms with Crippen LogP contribution in [0.4, 0.5) is 0 Å². The van der Waals surface area contributed by atoms with Crippen molar-refractivity contribution in [2.45, 2.75) is 6.42 Å². The quantitative estimate of drug-likeness (QED) is 0.620. The minimum atomic E-state index is -0.370. The van der Waals surface area contributed by atoms with Gasteiger partial charge in [0.2, 0.25) is 5.43 Å². The lowest BCUT2D eigenvalue weighted by Gasteiger charge is -2.02.